The molecule has 2 atom stereocenters. The van der Waals surface area contributed by atoms with Crippen LogP contribution in [0.15, 0.2) is 12.2 Å². The molecule has 1 N–H and O–H groups in total. The van der Waals surface area contributed by atoms with E-state index in [1.54, 1.807) is 7.11 Å². The molecule has 0 heterocycles. The minimum absolute atomic E-state index is 0.134. The van der Waals surface area contributed by atoms with Crippen molar-refractivity contribution in [3.8, 4) is 0 Å². The molecule has 0 amide bonds. The summed E-state index contributed by atoms with van der Waals surface area (Å²) < 4.78 is 11.3. The van der Waals surface area contributed by atoms with Crippen LogP contribution in [0.2, 0.25) is 0 Å². The lowest BCUT2D eigenvalue weighted by Gasteiger charge is -2.28. The molecule has 0 spiro atoms. The molecule has 1 aliphatic rings. The summed E-state index contributed by atoms with van der Waals surface area (Å²) >= 11 is 0. The molecule has 106 valence electrons. The van der Waals surface area contributed by atoms with Crippen molar-refractivity contribution in [3.05, 3.63) is 12.2 Å². The van der Waals surface area contributed by atoms with Gasteiger partial charge < -0.3 is 14.8 Å². The Bertz CT molecular complexity index is 258. The second-order valence-corrected chi connectivity index (χ2v) is 6.31. The van der Waals surface area contributed by atoms with E-state index < -0.39 is 0 Å². The summed E-state index contributed by atoms with van der Waals surface area (Å²) in [5.74, 6) is 0. The first-order chi connectivity index (χ1) is 8.40. The Morgan fingerprint density at radius 1 is 1.28 bits per heavy atom. The van der Waals surface area contributed by atoms with Crippen LogP contribution < -0.4 is 5.32 Å². The first-order valence-corrected chi connectivity index (χ1v) is 6.97. The summed E-state index contributed by atoms with van der Waals surface area (Å²) in [7, 11) is 1.79. The van der Waals surface area contributed by atoms with Gasteiger partial charge in [-0.1, -0.05) is 6.58 Å². The lowest BCUT2D eigenvalue weighted by atomic mass is 9.95. The number of ether oxygens (including phenoxy) is 2. The molecule has 1 fully saturated rings. The van der Waals surface area contributed by atoms with E-state index in [0.29, 0.717) is 18.8 Å². The van der Waals surface area contributed by atoms with Gasteiger partial charge in [-0.2, -0.15) is 0 Å². The van der Waals surface area contributed by atoms with Crippen molar-refractivity contribution in [2.75, 3.05) is 20.3 Å². The maximum Gasteiger partial charge on any atom is 0.0690 e. The number of hydrogen-bond acceptors (Lipinski definition) is 3. The molecule has 0 aliphatic heterocycles. The standard InChI is InChI=1S/C15H29NO2/c1-12(10-16-15(2,3)4)11-18-14-8-6-7-13(9-14)17-5/h13-14,16H,1,6-11H2,2-5H3. The molecule has 18 heavy (non-hydrogen) atoms. The highest BCUT2D eigenvalue weighted by Gasteiger charge is 2.22. The zero-order chi connectivity index (χ0) is 13.6. The van der Waals surface area contributed by atoms with Gasteiger partial charge in [0, 0.05) is 19.2 Å². The second-order valence-electron chi connectivity index (χ2n) is 6.31. The lowest BCUT2D eigenvalue weighted by molar-refractivity contribution is -0.0225. The fraction of sp³-hybridized carbons (Fsp3) is 0.867. The first-order valence-electron chi connectivity index (χ1n) is 6.97. The fourth-order valence-electron chi connectivity index (χ4n) is 2.14. The van der Waals surface area contributed by atoms with E-state index >= 15 is 0 Å². The summed E-state index contributed by atoms with van der Waals surface area (Å²) in [6.07, 6.45) is 5.27. The smallest absolute Gasteiger partial charge is 0.0690 e. The van der Waals surface area contributed by atoms with E-state index in [4.69, 9.17) is 9.47 Å². The van der Waals surface area contributed by atoms with E-state index in [1.807, 2.05) is 0 Å². The van der Waals surface area contributed by atoms with Gasteiger partial charge in [-0.05, 0) is 52.0 Å². The van der Waals surface area contributed by atoms with Gasteiger partial charge in [-0.3, -0.25) is 0 Å². The third-order valence-electron chi connectivity index (χ3n) is 3.30. The lowest BCUT2D eigenvalue weighted by Crippen LogP contribution is -2.37. The zero-order valence-electron chi connectivity index (χ0n) is 12.4. The number of nitrogens with one attached hydrogen (secondary N) is 1. The molecule has 1 rings (SSSR count). The summed E-state index contributed by atoms with van der Waals surface area (Å²) in [5.41, 5.74) is 1.25. The molecule has 3 heteroatoms. The Labute approximate surface area is 112 Å². The second kappa shape index (κ2) is 7.27. The van der Waals surface area contributed by atoms with Gasteiger partial charge in [-0.15, -0.1) is 0 Å². The summed E-state index contributed by atoms with van der Waals surface area (Å²) in [6, 6.07) is 0. The minimum atomic E-state index is 0.134. The molecule has 0 aromatic carbocycles. The topological polar surface area (TPSA) is 30.5 Å². The van der Waals surface area contributed by atoms with Crippen LogP contribution in [0.5, 0.6) is 0 Å². The van der Waals surface area contributed by atoms with Crippen LogP contribution in [0.3, 0.4) is 0 Å². The van der Waals surface area contributed by atoms with Crippen molar-refractivity contribution in [2.24, 2.45) is 0 Å². The Kier molecular flexibility index (Phi) is 6.33. The first kappa shape index (κ1) is 15.7. The van der Waals surface area contributed by atoms with Crippen LogP contribution in [0.25, 0.3) is 0 Å². The van der Waals surface area contributed by atoms with Crippen LogP contribution in [0, 0.1) is 0 Å². The number of hydrogen-bond donors (Lipinski definition) is 1. The SMILES string of the molecule is C=C(CNC(C)(C)C)COC1CCCC(OC)C1. The van der Waals surface area contributed by atoms with Gasteiger partial charge in [0.15, 0.2) is 0 Å². The van der Waals surface area contributed by atoms with E-state index in [-0.39, 0.29) is 5.54 Å². The molecule has 0 aromatic rings. The normalized spacial score (nSPS) is 25.1. The highest BCUT2D eigenvalue weighted by Crippen LogP contribution is 2.23. The van der Waals surface area contributed by atoms with Crippen LogP contribution in [-0.2, 0) is 9.47 Å². The van der Waals surface area contributed by atoms with E-state index in [9.17, 15) is 0 Å². The Balaban J connectivity index is 2.18. The van der Waals surface area contributed by atoms with Crippen LogP contribution >= 0.6 is 0 Å². The van der Waals surface area contributed by atoms with Crippen LogP contribution in [0.4, 0.5) is 0 Å². The number of methoxy groups -OCH3 is 1. The maximum absolute atomic E-state index is 5.92. The van der Waals surface area contributed by atoms with E-state index in [0.717, 1.165) is 25.0 Å². The van der Waals surface area contributed by atoms with E-state index in [2.05, 4.69) is 32.7 Å². The zero-order valence-corrected chi connectivity index (χ0v) is 12.4. The predicted octanol–water partition coefficient (Wildman–Crippen LogP) is 2.90. The number of rotatable bonds is 6. The highest BCUT2D eigenvalue weighted by atomic mass is 16.5. The van der Waals surface area contributed by atoms with Crippen molar-refractivity contribution >= 4 is 0 Å². The molecule has 1 aliphatic carbocycles. The minimum Gasteiger partial charge on any atom is -0.381 e. The van der Waals surface area contributed by atoms with Crippen molar-refractivity contribution in [2.45, 2.75) is 64.2 Å². The molecular weight excluding hydrogens is 226 g/mol. The average molecular weight is 255 g/mol. The summed E-state index contributed by atoms with van der Waals surface area (Å²) in [4.78, 5) is 0. The molecular formula is C15H29NO2. The quantitative estimate of drug-likeness (QED) is 0.740. The van der Waals surface area contributed by atoms with Crippen molar-refractivity contribution in [1.29, 1.82) is 0 Å². The molecule has 2 unspecified atom stereocenters. The third-order valence-corrected chi connectivity index (χ3v) is 3.30. The molecule has 3 nitrogen and oxygen atoms in total. The monoisotopic (exact) mass is 255 g/mol. The maximum atomic E-state index is 5.92. The van der Waals surface area contributed by atoms with Gasteiger partial charge in [0.25, 0.3) is 0 Å². The third kappa shape index (κ3) is 6.53. The largest absolute Gasteiger partial charge is 0.381 e. The molecule has 0 aromatic heterocycles. The van der Waals surface area contributed by atoms with Gasteiger partial charge in [0.2, 0.25) is 0 Å². The highest BCUT2D eigenvalue weighted by molar-refractivity contribution is 4.98. The van der Waals surface area contributed by atoms with Crippen LogP contribution in [0.1, 0.15) is 46.5 Å². The van der Waals surface area contributed by atoms with E-state index in [1.165, 1.54) is 12.8 Å². The Morgan fingerprint density at radius 3 is 2.56 bits per heavy atom. The fourth-order valence-corrected chi connectivity index (χ4v) is 2.14. The van der Waals surface area contributed by atoms with Crippen LogP contribution in [-0.4, -0.2) is 38.0 Å². The molecule has 1 saturated carbocycles. The van der Waals surface area contributed by atoms with Crippen molar-refractivity contribution < 1.29 is 9.47 Å². The Hall–Kier alpha value is -0.380. The molecule has 0 bridgehead atoms. The van der Waals surface area contributed by atoms with Crippen molar-refractivity contribution in [3.63, 3.8) is 0 Å². The average Bonchev–Trinajstić information content (AvgIpc) is 2.33. The van der Waals surface area contributed by atoms with Crippen molar-refractivity contribution in [1.82, 2.24) is 5.32 Å². The Morgan fingerprint density at radius 2 is 1.94 bits per heavy atom. The van der Waals surface area contributed by atoms with Gasteiger partial charge in [-0.25, -0.2) is 0 Å². The van der Waals surface area contributed by atoms with Gasteiger partial charge >= 0.3 is 0 Å². The predicted molar refractivity (Wildman–Crippen MR) is 75.9 cm³/mol. The van der Waals surface area contributed by atoms with Gasteiger partial charge in [0.05, 0.1) is 18.8 Å². The summed E-state index contributed by atoms with van der Waals surface area (Å²) in [6.45, 7) is 12.0. The van der Waals surface area contributed by atoms with Gasteiger partial charge in [0.1, 0.15) is 0 Å². The molecule has 0 saturated heterocycles. The summed E-state index contributed by atoms with van der Waals surface area (Å²) in [5, 5.41) is 3.43. The molecule has 0 radical (unpaired) electrons.